The molecule has 20 heavy (non-hydrogen) atoms. The Morgan fingerprint density at radius 2 is 1.90 bits per heavy atom. The maximum Gasteiger partial charge on any atom is 0.182 e. The highest BCUT2D eigenvalue weighted by Gasteiger charge is 2.18. The molecule has 0 aliphatic rings. The summed E-state index contributed by atoms with van der Waals surface area (Å²) in [5.41, 5.74) is 6.94. The first kappa shape index (κ1) is 14.8. The number of nitrogens with two attached hydrogens (primary N) is 1. The van der Waals surface area contributed by atoms with Crippen LogP contribution in [0, 0.1) is 12.7 Å². The molecule has 0 aliphatic carbocycles. The highest BCUT2D eigenvalue weighted by Crippen LogP contribution is 2.24. The second-order valence-electron chi connectivity index (χ2n) is 4.53. The number of nitrogen functional groups attached to an aromatic ring is 1. The van der Waals surface area contributed by atoms with Crippen molar-refractivity contribution in [3.05, 3.63) is 58.4 Å². The van der Waals surface area contributed by atoms with Crippen LogP contribution < -0.4 is 5.73 Å². The van der Waals surface area contributed by atoms with E-state index in [2.05, 4.69) is 0 Å². The Kier molecular flexibility index (Phi) is 4.01. The molecule has 2 rings (SSSR count). The van der Waals surface area contributed by atoms with Crippen molar-refractivity contribution >= 4 is 27.1 Å². The van der Waals surface area contributed by atoms with Gasteiger partial charge in [-0.05, 0) is 42.3 Å². The predicted octanol–water partition coefficient (Wildman–Crippen LogP) is 3.34. The normalized spacial score (nSPS) is 11.6. The second-order valence-corrected chi connectivity index (χ2v) is 6.90. The van der Waals surface area contributed by atoms with E-state index >= 15 is 0 Å². The first-order chi connectivity index (χ1) is 9.29. The molecular formula is C14H13ClFNO2S. The Morgan fingerprint density at radius 1 is 1.20 bits per heavy atom. The summed E-state index contributed by atoms with van der Waals surface area (Å²) in [7, 11) is -3.59. The highest BCUT2D eigenvalue weighted by molar-refractivity contribution is 7.90. The average Bonchev–Trinajstić information content (AvgIpc) is 2.36. The standard InChI is InChI=1S/C14H13ClFNO2S/c1-9-2-4-11(17)7-14(9)20(18,19)8-10-3-5-12(15)13(16)6-10/h2-7H,8,17H2,1H3. The van der Waals surface area contributed by atoms with Crippen molar-refractivity contribution in [2.24, 2.45) is 0 Å². The fourth-order valence-corrected chi connectivity index (χ4v) is 3.64. The van der Waals surface area contributed by atoms with Gasteiger partial charge in [0.1, 0.15) is 5.82 Å². The molecule has 2 N–H and O–H groups in total. The van der Waals surface area contributed by atoms with Gasteiger partial charge in [0, 0.05) is 5.69 Å². The summed E-state index contributed by atoms with van der Waals surface area (Å²) in [6, 6.07) is 8.65. The van der Waals surface area contributed by atoms with Crippen LogP contribution in [-0.2, 0) is 15.6 Å². The number of hydrogen-bond acceptors (Lipinski definition) is 3. The summed E-state index contributed by atoms with van der Waals surface area (Å²) in [5.74, 6) is -0.936. The van der Waals surface area contributed by atoms with Crippen LogP contribution in [0.5, 0.6) is 0 Å². The molecule has 0 spiro atoms. The van der Waals surface area contributed by atoms with E-state index < -0.39 is 15.7 Å². The fourth-order valence-electron chi connectivity index (χ4n) is 1.88. The van der Waals surface area contributed by atoms with Crippen LogP contribution in [0.3, 0.4) is 0 Å². The van der Waals surface area contributed by atoms with Gasteiger partial charge < -0.3 is 5.73 Å². The van der Waals surface area contributed by atoms with Gasteiger partial charge in [-0.15, -0.1) is 0 Å². The van der Waals surface area contributed by atoms with Gasteiger partial charge in [0.15, 0.2) is 9.84 Å². The largest absolute Gasteiger partial charge is 0.399 e. The van der Waals surface area contributed by atoms with Gasteiger partial charge in [-0.3, -0.25) is 0 Å². The topological polar surface area (TPSA) is 60.2 Å². The molecule has 0 saturated heterocycles. The lowest BCUT2D eigenvalue weighted by Gasteiger charge is -2.09. The third-order valence-corrected chi connectivity index (χ3v) is 5.02. The van der Waals surface area contributed by atoms with E-state index in [1.54, 1.807) is 19.1 Å². The third kappa shape index (κ3) is 3.11. The third-order valence-electron chi connectivity index (χ3n) is 2.89. The lowest BCUT2D eigenvalue weighted by Crippen LogP contribution is -2.07. The molecule has 0 amide bonds. The zero-order valence-corrected chi connectivity index (χ0v) is 12.3. The van der Waals surface area contributed by atoms with Gasteiger partial charge in [-0.1, -0.05) is 23.7 Å². The molecule has 0 unspecified atom stereocenters. The molecule has 0 fully saturated rings. The molecular weight excluding hydrogens is 301 g/mol. The molecule has 0 aromatic heterocycles. The van der Waals surface area contributed by atoms with E-state index in [0.29, 0.717) is 16.8 Å². The summed E-state index contributed by atoms with van der Waals surface area (Å²) >= 11 is 5.57. The summed E-state index contributed by atoms with van der Waals surface area (Å²) in [5, 5.41) is -0.0358. The van der Waals surface area contributed by atoms with Crippen LogP contribution in [0.1, 0.15) is 11.1 Å². The van der Waals surface area contributed by atoms with E-state index in [1.165, 1.54) is 18.2 Å². The molecule has 0 heterocycles. The number of sulfone groups is 1. The minimum atomic E-state index is -3.59. The number of aryl methyl sites for hydroxylation is 1. The average molecular weight is 314 g/mol. The molecule has 0 bridgehead atoms. The lowest BCUT2D eigenvalue weighted by atomic mass is 10.2. The van der Waals surface area contributed by atoms with Crippen LogP contribution in [0.4, 0.5) is 10.1 Å². The lowest BCUT2D eigenvalue weighted by molar-refractivity contribution is 0.594. The minimum Gasteiger partial charge on any atom is -0.399 e. The maximum absolute atomic E-state index is 13.4. The Bertz CT molecular complexity index is 760. The number of rotatable bonds is 3. The first-order valence-corrected chi connectivity index (χ1v) is 7.85. The Hall–Kier alpha value is -1.59. The van der Waals surface area contributed by atoms with Crippen molar-refractivity contribution in [2.75, 3.05) is 5.73 Å². The van der Waals surface area contributed by atoms with Crippen LogP contribution in [0.25, 0.3) is 0 Å². The van der Waals surface area contributed by atoms with Crippen LogP contribution in [0.15, 0.2) is 41.3 Å². The van der Waals surface area contributed by atoms with Crippen LogP contribution >= 0.6 is 11.6 Å². The van der Waals surface area contributed by atoms with Crippen LogP contribution in [0.2, 0.25) is 5.02 Å². The van der Waals surface area contributed by atoms with Crippen molar-refractivity contribution in [1.82, 2.24) is 0 Å². The van der Waals surface area contributed by atoms with Crippen molar-refractivity contribution in [3.8, 4) is 0 Å². The monoisotopic (exact) mass is 313 g/mol. The maximum atomic E-state index is 13.4. The van der Waals surface area contributed by atoms with Gasteiger partial charge in [0.2, 0.25) is 0 Å². The molecule has 6 heteroatoms. The highest BCUT2D eigenvalue weighted by atomic mass is 35.5. The zero-order valence-electron chi connectivity index (χ0n) is 10.7. The van der Waals surface area contributed by atoms with Crippen molar-refractivity contribution in [2.45, 2.75) is 17.6 Å². The summed E-state index contributed by atoms with van der Waals surface area (Å²) in [6.07, 6.45) is 0. The van der Waals surface area contributed by atoms with Crippen molar-refractivity contribution < 1.29 is 12.8 Å². The van der Waals surface area contributed by atoms with Gasteiger partial charge in [0.25, 0.3) is 0 Å². The van der Waals surface area contributed by atoms with Crippen molar-refractivity contribution in [1.29, 1.82) is 0 Å². The van der Waals surface area contributed by atoms with E-state index in [1.807, 2.05) is 0 Å². The zero-order chi connectivity index (χ0) is 14.9. The molecule has 0 saturated carbocycles. The van der Waals surface area contributed by atoms with Gasteiger partial charge >= 0.3 is 0 Å². The van der Waals surface area contributed by atoms with E-state index in [9.17, 15) is 12.8 Å². The number of anilines is 1. The predicted molar refractivity (Wildman–Crippen MR) is 77.9 cm³/mol. The molecule has 2 aromatic rings. The van der Waals surface area contributed by atoms with Gasteiger partial charge in [0.05, 0.1) is 15.7 Å². The quantitative estimate of drug-likeness (QED) is 0.884. The molecule has 3 nitrogen and oxygen atoms in total. The Labute approximate surface area is 122 Å². The van der Waals surface area contributed by atoms with Gasteiger partial charge in [-0.2, -0.15) is 0 Å². The van der Waals surface area contributed by atoms with Crippen LogP contribution in [-0.4, -0.2) is 8.42 Å². The van der Waals surface area contributed by atoms with E-state index in [4.69, 9.17) is 17.3 Å². The number of hydrogen-bond donors (Lipinski definition) is 1. The SMILES string of the molecule is Cc1ccc(N)cc1S(=O)(=O)Cc1ccc(Cl)c(F)c1. The first-order valence-electron chi connectivity index (χ1n) is 5.82. The Morgan fingerprint density at radius 3 is 2.55 bits per heavy atom. The van der Waals surface area contributed by atoms with E-state index in [-0.39, 0.29) is 15.7 Å². The minimum absolute atomic E-state index is 0.0358. The Balaban J connectivity index is 2.40. The van der Waals surface area contributed by atoms with Gasteiger partial charge in [-0.25, -0.2) is 12.8 Å². The summed E-state index contributed by atoms with van der Waals surface area (Å²) < 4.78 is 38.1. The number of benzene rings is 2. The smallest absolute Gasteiger partial charge is 0.182 e. The number of halogens is 2. The molecule has 0 aliphatic heterocycles. The molecule has 106 valence electrons. The summed E-state index contributed by atoms with van der Waals surface area (Å²) in [4.78, 5) is 0.160. The van der Waals surface area contributed by atoms with E-state index in [0.717, 1.165) is 6.07 Å². The second kappa shape index (κ2) is 5.42. The molecule has 0 radical (unpaired) electrons. The van der Waals surface area contributed by atoms with Crippen molar-refractivity contribution in [3.63, 3.8) is 0 Å². The fraction of sp³-hybridized carbons (Fsp3) is 0.143. The molecule has 2 aromatic carbocycles. The summed E-state index contributed by atoms with van der Waals surface area (Å²) in [6.45, 7) is 1.69. The molecule has 0 atom stereocenters.